The van der Waals surface area contributed by atoms with Crippen molar-refractivity contribution in [3.05, 3.63) is 0 Å². The predicted molar refractivity (Wildman–Crippen MR) is 78.9 cm³/mol. The van der Waals surface area contributed by atoms with Crippen LogP contribution >= 0.6 is 0 Å². The highest BCUT2D eigenvalue weighted by molar-refractivity contribution is 4.84. The Morgan fingerprint density at radius 1 is 0.889 bits per heavy atom. The van der Waals surface area contributed by atoms with Crippen LogP contribution in [0.3, 0.4) is 0 Å². The molecule has 1 N–H and O–H groups in total. The topological polar surface area (TPSA) is 23.5 Å². The molecule has 1 aliphatic heterocycles. The second kappa shape index (κ2) is 8.92. The van der Waals surface area contributed by atoms with Gasteiger partial charge in [0.25, 0.3) is 0 Å². The Bertz CT molecular complexity index is 189. The summed E-state index contributed by atoms with van der Waals surface area (Å²) in [4.78, 5) is 2.47. The van der Waals surface area contributed by atoms with E-state index in [2.05, 4.69) is 18.7 Å². The second-order valence-corrected chi connectivity index (χ2v) is 6.12. The number of nitrogens with zero attached hydrogens (tertiary/aromatic N) is 1. The van der Waals surface area contributed by atoms with Gasteiger partial charge in [0.1, 0.15) is 0 Å². The number of rotatable bonds is 10. The lowest BCUT2D eigenvalue weighted by atomic mass is 9.89. The Hall–Kier alpha value is -0.0800. The Morgan fingerprint density at radius 2 is 1.39 bits per heavy atom. The van der Waals surface area contributed by atoms with E-state index in [1.807, 2.05) is 0 Å². The van der Waals surface area contributed by atoms with E-state index in [0.29, 0.717) is 0 Å². The number of hydrogen-bond acceptors (Lipinski definition) is 2. The Morgan fingerprint density at radius 3 is 1.83 bits per heavy atom. The van der Waals surface area contributed by atoms with E-state index in [0.717, 1.165) is 19.4 Å². The molecule has 0 bridgehead atoms. The number of aliphatic hydroxyl groups is 1. The van der Waals surface area contributed by atoms with Gasteiger partial charge in [-0.15, -0.1) is 0 Å². The zero-order valence-electron chi connectivity index (χ0n) is 12.6. The molecular weight excluding hydrogens is 222 g/mol. The minimum absolute atomic E-state index is 0.408. The first-order chi connectivity index (χ1) is 8.70. The van der Waals surface area contributed by atoms with Gasteiger partial charge in [-0.3, -0.25) is 0 Å². The molecule has 0 radical (unpaired) electrons. The maximum absolute atomic E-state index is 10.9. The number of β-amino-alcohol motifs (C(OH)–C–C–N with tert-alkyl or cyclic N) is 1. The molecule has 0 unspecified atom stereocenters. The first-order valence-corrected chi connectivity index (χ1v) is 8.15. The Labute approximate surface area is 114 Å². The van der Waals surface area contributed by atoms with E-state index in [-0.39, 0.29) is 0 Å². The molecule has 2 heteroatoms. The van der Waals surface area contributed by atoms with Gasteiger partial charge in [0.05, 0.1) is 5.60 Å². The minimum atomic E-state index is -0.408. The Balaban J connectivity index is 2.37. The van der Waals surface area contributed by atoms with Gasteiger partial charge < -0.3 is 10.0 Å². The van der Waals surface area contributed by atoms with Crippen LogP contribution in [0.1, 0.15) is 78.1 Å². The molecule has 1 rings (SSSR count). The summed E-state index contributed by atoms with van der Waals surface area (Å²) in [5.74, 6) is 0. The van der Waals surface area contributed by atoms with Gasteiger partial charge in [-0.2, -0.15) is 0 Å². The third-order valence-electron chi connectivity index (χ3n) is 4.21. The molecule has 0 aromatic carbocycles. The van der Waals surface area contributed by atoms with E-state index in [1.54, 1.807) is 0 Å². The fraction of sp³-hybridized carbons (Fsp3) is 1.00. The molecule has 0 amide bonds. The molecule has 1 fully saturated rings. The van der Waals surface area contributed by atoms with Gasteiger partial charge in [0.2, 0.25) is 0 Å². The summed E-state index contributed by atoms with van der Waals surface area (Å²) in [5, 5.41) is 10.9. The van der Waals surface area contributed by atoms with Gasteiger partial charge in [-0.05, 0) is 38.8 Å². The summed E-state index contributed by atoms with van der Waals surface area (Å²) < 4.78 is 0. The molecule has 0 aliphatic carbocycles. The maximum Gasteiger partial charge on any atom is 0.0774 e. The van der Waals surface area contributed by atoms with Crippen molar-refractivity contribution in [2.24, 2.45) is 0 Å². The van der Waals surface area contributed by atoms with Crippen molar-refractivity contribution in [1.29, 1.82) is 0 Å². The van der Waals surface area contributed by atoms with E-state index >= 15 is 0 Å². The van der Waals surface area contributed by atoms with Crippen molar-refractivity contribution in [2.75, 3.05) is 19.6 Å². The summed E-state index contributed by atoms with van der Waals surface area (Å²) in [6, 6.07) is 0. The van der Waals surface area contributed by atoms with Crippen LogP contribution in [0.25, 0.3) is 0 Å². The predicted octanol–water partition coefficient (Wildman–Crippen LogP) is 3.97. The summed E-state index contributed by atoms with van der Waals surface area (Å²) in [5.41, 5.74) is -0.408. The van der Waals surface area contributed by atoms with Crippen molar-refractivity contribution in [2.45, 2.75) is 83.7 Å². The highest BCUT2D eigenvalue weighted by Gasteiger charge is 2.29. The largest absolute Gasteiger partial charge is 0.389 e. The summed E-state index contributed by atoms with van der Waals surface area (Å²) in [6.45, 7) is 7.78. The molecule has 0 saturated carbocycles. The van der Waals surface area contributed by atoms with Crippen LogP contribution in [0, 0.1) is 0 Å². The highest BCUT2D eigenvalue weighted by Crippen LogP contribution is 2.25. The third kappa shape index (κ3) is 6.19. The van der Waals surface area contributed by atoms with Crippen LogP contribution in [0.2, 0.25) is 0 Å². The molecule has 1 saturated heterocycles. The van der Waals surface area contributed by atoms with Crippen molar-refractivity contribution in [1.82, 2.24) is 4.90 Å². The van der Waals surface area contributed by atoms with Gasteiger partial charge in [0, 0.05) is 6.54 Å². The quantitative estimate of drug-likeness (QED) is 0.597. The fourth-order valence-corrected chi connectivity index (χ4v) is 3.05. The van der Waals surface area contributed by atoms with E-state index in [9.17, 15) is 5.11 Å². The number of likely N-dealkylation sites (tertiary alicyclic amines) is 1. The van der Waals surface area contributed by atoms with Crippen LogP contribution < -0.4 is 0 Å². The molecule has 0 aromatic rings. The zero-order valence-corrected chi connectivity index (χ0v) is 12.6. The number of hydrogen-bond donors (Lipinski definition) is 1. The number of unbranched alkanes of at least 4 members (excludes halogenated alkanes) is 4. The maximum atomic E-state index is 10.9. The first kappa shape index (κ1) is 16.0. The van der Waals surface area contributed by atoms with Crippen molar-refractivity contribution in [3.8, 4) is 0 Å². The van der Waals surface area contributed by atoms with Crippen LogP contribution in [-0.2, 0) is 0 Å². The van der Waals surface area contributed by atoms with Gasteiger partial charge in [-0.1, -0.05) is 52.4 Å². The summed E-state index contributed by atoms with van der Waals surface area (Å²) in [6.07, 6.45) is 12.0. The van der Waals surface area contributed by atoms with Crippen LogP contribution in [0.15, 0.2) is 0 Å². The molecular formula is C16H33NO. The standard InChI is InChI=1S/C16H33NO/c1-3-5-7-11-16(18,12-8-6-4-2)15-17-13-9-10-14-17/h18H,3-15H2,1-2H3. The summed E-state index contributed by atoms with van der Waals surface area (Å²) in [7, 11) is 0. The molecule has 18 heavy (non-hydrogen) atoms. The molecule has 0 aromatic heterocycles. The van der Waals surface area contributed by atoms with Crippen molar-refractivity contribution in [3.63, 3.8) is 0 Å². The van der Waals surface area contributed by atoms with Crippen LogP contribution in [0.5, 0.6) is 0 Å². The van der Waals surface area contributed by atoms with Crippen LogP contribution in [-0.4, -0.2) is 35.2 Å². The lowest BCUT2D eigenvalue weighted by molar-refractivity contribution is -0.00967. The van der Waals surface area contributed by atoms with Crippen molar-refractivity contribution >= 4 is 0 Å². The molecule has 1 heterocycles. The normalized spacial score (nSPS) is 17.5. The minimum Gasteiger partial charge on any atom is -0.389 e. The SMILES string of the molecule is CCCCCC(O)(CCCCC)CN1CCCC1. The molecule has 2 nitrogen and oxygen atoms in total. The smallest absolute Gasteiger partial charge is 0.0774 e. The van der Waals surface area contributed by atoms with E-state index < -0.39 is 5.60 Å². The molecule has 108 valence electrons. The van der Waals surface area contributed by atoms with E-state index in [4.69, 9.17) is 0 Å². The highest BCUT2D eigenvalue weighted by atomic mass is 16.3. The van der Waals surface area contributed by atoms with E-state index in [1.165, 1.54) is 64.5 Å². The second-order valence-electron chi connectivity index (χ2n) is 6.12. The fourth-order valence-electron chi connectivity index (χ4n) is 3.05. The average molecular weight is 255 g/mol. The third-order valence-corrected chi connectivity index (χ3v) is 4.21. The zero-order chi connectivity index (χ0) is 13.3. The van der Waals surface area contributed by atoms with Crippen LogP contribution in [0.4, 0.5) is 0 Å². The molecule has 0 spiro atoms. The van der Waals surface area contributed by atoms with Crippen molar-refractivity contribution < 1.29 is 5.11 Å². The monoisotopic (exact) mass is 255 g/mol. The van der Waals surface area contributed by atoms with Gasteiger partial charge >= 0.3 is 0 Å². The Kier molecular flexibility index (Phi) is 7.92. The molecule has 0 atom stereocenters. The average Bonchev–Trinajstić information content (AvgIpc) is 2.82. The first-order valence-electron chi connectivity index (χ1n) is 8.15. The molecule has 1 aliphatic rings. The summed E-state index contributed by atoms with van der Waals surface area (Å²) >= 11 is 0. The lowest BCUT2D eigenvalue weighted by Gasteiger charge is -2.32. The lowest BCUT2D eigenvalue weighted by Crippen LogP contribution is -2.42. The van der Waals surface area contributed by atoms with Gasteiger partial charge in [-0.25, -0.2) is 0 Å². The van der Waals surface area contributed by atoms with Gasteiger partial charge in [0.15, 0.2) is 0 Å².